The topological polar surface area (TPSA) is 61.7 Å². The maximum absolute atomic E-state index is 5.81. The second-order valence-corrected chi connectivity index (χ2v) is 4.13. The normalized spacial score (nSPS) is 13.0. The molecular weight excluding hydrogens is 202 g/mol. The smallest absolute Gasteiger partial charge is 0.152 e. The summed E-state index contributed by atoms with van der Waals surface area (Å²) in [6.45, 7) is 4.65. The summed E-state index contributed by atoms with van der Waals surface area (Å²) >= 11 is 0. The molecule has 0 aliphatic rings. The summed E-state index contributed by atoms with van der Waals surface area (Å²) in [6.07, 6.45) is 4.07. The summed E-state index contributed by atoms with van der Waals surface area (Å²) < 4.78 is 4.06. The van der Waals surface area contributed by atoms with Crippen LogP contribution in [0.3, 0.4) is 0 Å². The van der Waals surface area contributed by atoms with Gasteiger partial charge in [0.2, 0.25) is 0 Å². The summed E-state index contributed by atoms with van der Waals surface area (Å²) in [5.41, 5.74) is 6.95. The van der Waals surface area contributed by atoms with Crippen molar-refractivity contribution in [3.8, 4) is 0 Å². The summed E-state index contributed by atoms with van der Waals surface area (Å²) in [5.74, 6) is 1.87. The Bertz CT molecular complexity index is 480. The van der Waals surface area contributed by atoms with Crippen LogP contribution in [0, 0.1) is 6.92 Å². The first-order valence-corrected chi connectivity index (χ1v) is 5.34. The van der Waals surface area contributed by atoms with Gasteiger partial charge >= 0.3 is 0 Å². The van der Waals surface area contributed by atoms with Crippen LogP contribution in [0.2, 0.25) is 0 Å². The van der Waals surface area contributed by atoms with E-state index in [4.69, 9.17) is 5.73 Å². The van der Waals surface area contributed by atoms with Crippen molar-refractivity contribution in [2.24, 2.45) is 12.8 Å². The first-order valence-electron chi connectivity index (χ1n) is 5.34. The highest BCUT2D eigenvalue weighted by atomic mass is 15.3. The van der Waals surface area contributed by atoms with Crippen molar-refractivity contribution in [3.05, 3.63) is 35.7 Å². The van der Waals surface area contributed by atoms with Crippen molar-refractivity contribution >= 4 is 0 Å². The molecule has 1 atom stereocenters. The summed E-state index contributed by atoms with van der Waals surface area (Å²) in [4.78, 5) is 0. The summed E-state index contributed by atoms with van der Waals surface area (Å²) in [5, 5.41) is 8.15. The highest BCUT2D eigenvalue weighted by Gasteiger charge is 2.06. The van der Waals surface area contributed by atoms with E-state index >= 15 is 0 Å². The molecule has 2 aromatic rings. The van der Waals surface area contributed by atoms with E-state index in [2.05, 4.69) is 21.0 Å². The van der Waals surface area contributed by atoms with Crippen LogP contribution in [0.4, 0.5) is 0 Å². The molecule has 0 spiro atoms. The van der Waals surface area contributed by atoms with E-state index in [0.717, 1.165) is 23.8 Å². The lowest BCUT2D eigenvalue weighted by Crippen LogP contribution is -2.06. The van der Waals surface area contributed by atoms with E-state index in [1.807, 2.05) is 37.7 Å². The van der Waals surface area contributed by atoms with Gasteiger partial charge in [0.25, 0.3) is 0 Å². The van der Waals surface area contributed by atoms with E-state index < -0.39 is 0 Å². The van der Waals surface area contributed by atoms with Gasteiger partial charge < -0.3 is 14.9 Å². The van der Waals surface area contributed by atoms with Crippen LogP contribution in [0.15, 0.2) is 18.5 Å². The molecule has 0 radical (unpaired) electrons. The molecule has 2 aromatic heterocycles. The average molecular weight is 219 g/mol. The minimum Gasteiger partial charge on any atom is -0.346 e. The molecule has 16 heavy (non-hydrogen) atoms. The monoisotopic (exact) mass is 219 g/mol. The number of nitrogens with two attached hydrogens (primary N) is 1. The molecule has 0 aliphatic heterocycles. The Labute approximate surface area is 94.9 Å². The molecule has 2 heterocycles. The minimum atomic E-state index is 0.0717. The zero-order valence-corrected chi connectivity index (χ0v) is 9.88. The van der Waals surface area contributed by atoms with Gasteiger partial charge in [0, 0.05) is 25.5 Å². The van der Waals surface area contributed by atoms with E-state index in [0.29, 0.717) is 0 Å². The molecule has 2 rings (SSSR count). The van der Waals surface area contributed by atoms with Gasteiger partial charge in [-0.3, -0.25) is 0 Å². The second kappa shape index (κ2) is 4.09. The molecule has 1 unspecified atom stereocenters. The fourth-order valence-electron chi connectivity index (χ4n) is 1.58. The van der Waals surface area contributed by atoms with E-state index in [1.54, 1.807) is 0 Å². The van der Waals surface area contributed by atoms with Crippen LogP contribution in [0.25, 0.3) is 0 Å². The molecule has 0 bridgehead atoms. The van der Waals surface area contributed by atoms with Crippen LogP contribution in [0.1, 0.15) is 30.2 Å². The molecular formula is C11H17N5. The zero-order valence-electron chi connectivity index (χ0n) is 9.88. The van der Waals surface area contributed by atoms with Gasteiger partial charge in [-0.05, 0) is 25.5 Å². The van der Waals surface area contributed by atoms with E-state index in [-0.39, 0.29) is 6.04 Å². The first kappa shape index (κ1) is 10.9. The molecule has 0 saturated carbocycles. The Morgan fingerprint density at radius 3 is 2.69 bits per heavy atom. The van der Waals surface area contributed by atoms with Gasteiger partial charge in [0.05, 0.1) is 6.54 Å². The van der Waals surface area contributed by atoms with Crippen LogP contribution in [-0.4, -0.2) is 19.3 Å². The lowest BCUT2D eigenvalue weighted by molar-refractivity contribution is 0.690. The number of nitrogens with zero attached hydrogens (tertiary/aromatic N) is 4. The third kappa shape index (κ3) is 1.99. The second-order valence-electron chi connectivity index (χ2n) is 4.13. The van der Waals surface area contributed by atoms with Gasteiger partial charge in [0.1, 0.15) is 5.82 Å². The quantitative estimate of drug-likeness (QED) is 0.837. The van der Waals surface area contributed by atoms with Gasteiger partial charge in [0.15, 0.2) is 5.82 Å². The third-order valence-electron chi connectivity index (χ3n) is 2.81. The maximum atomic E-state index is 5.81. The van der Waals surface area contributed by atoms with Crippen molar-refractivity contribution in [3.63, 3.8) is 0 Å². The molecule has 2 N–H and O–H groups in total. The van der Waals surface area contributed by atoms with Crippen LogP contribution < -0.4 is 5.73 Å². The van der Waals surface area contributed by atoms with Gasteiger partial charge in [-0.25, -0.2) is 0 Å². The Morgan fingerprint density at radius 1 is 1.44 bits per heavy atom. The maximum Gasteiger partial charge on any atom is 0.152 e. The predicted octanol–water partition coefficient (Wildman–Crippen LogP) is 0.993. The highest BCUT2D eigenvalue weighted by Crippen LogP contribution is 2.11. The van der Waals surface area contributed by atoms with Crippen LogP contribution in [0.5, 0.6) is 0 Å². The van der Waals surface area contributed by atoms with Crippen LogP contribution >= 0.6 is 0 Å². The Morgan fingerprint density at radius 2 is 2.19 bits per heavy atom. The van der Waals surface area contributed by atoms with Crippen molar-refractivity contribution in [1.29, 1.82) is 0 Å². The molecule has 5 nitrogen and oxygen atoms in total. The van der Waals surface area contributed by atoms with E-state index in [9.17, 15) is 0 Å². The number of hydrogen-bond donors (Lipinski definition) is 1. The fraction of sp³-hybridized carbons (Fsp3) is 0.455. The van der Waals surface area contributed by atoms with Gasteiger partial charge in [-0.15, -0.1) is 10.2 Å². The van der Waals surface area contributed by atoms with Crippen LogP contribution in [-0.2, 0) is 13.6 Å². The lowest BCUT2D eigenvalue weighted by Gasteiger charge is -2.03. The largest absolute Gasteiger partial charge is 0.346 e. The van der Waals surface area contributed by atoms with Crippen molar-refractivity contribution in [1.82, 2.24) is 19.3 Å². The fourth-order valence-corrected chi connectivity index (χ4v) is 1.58. The Balaban J connectivity index is 2.17. The molecule has 0 saturated heterocycles. The van der Waals surface area contributed by atoms with Gasteiger partial charge in [-0.2, -0.15) is 0 Å². The van der Waals surface area contributed by atoms with E-state index in [1.165, 1.54) is 0 Å². The number of aryl methyl sites for hydroxylation is 1. The molecule has 0 aromatic carbocycles. The number of hydrogen-bond acceptors (Lipinski definition) is 3. The highest BCUT2D eigenvalue weighted by molar-refractivity contribution is 5.14. The SMILES string of the molecule is Cc1nnc(Cn2ccc(C(C)N)c2)n1C. The van der Waals surface area contributed by atoms with Crippen molar-refractivity contribution in [2.45, 2.75) is 26.4 Å². The average Bonchev–Trinajstić information content (AvgIpc) is 2.81. The predicted molar refractivity (Wildman–Crippen MR) is 61.9 cm³/mol. The Hall–Kier alpha value is -1.62. The summed E-state index contributed by atoms with van der Waals surface area (Å²) in [6, 6.07) is 2.11. The van der Waals surface area contributed by atoms with Crippen molar-refractivity contribution < 1.29 is 0 Å². The number of rotatable bonds is 3. The molecule has 86 valence electrons. The first-order chi connectivity index (χ1) is 7.58. The standard InChI is InChI=1S/C11H17N5/c1-8(12)10-4-5-16(6-10)7-11-14-13-9(2)15(11)3/h4-6,8H,7,12H2,1-3H3. The lowest BCUT2D eigenvalue weighted by atomic mass is 10.2. The van der Waals surface area contributed by atoms with Crippen molar-refractivity contribution in [2.75, 3.05) is 0 Å². The molecule has 0 amide bonds. The molecule has 5 heteroatoms. The molecule has 0 fully saturated rings. The minimum absolute atomic E-state index is 0.0717. The molecule has 0 aliphatic carbocycles. The van der Waals surface area contributed by atoms with Gasteiger partial charge in [-0.1, -0.05) is 0 Å². The Kier molecular flexibility index (Phi) is 2.78. The number of aromatic nitrogens is 4. The zero-order chi connectivity index (χ0) is 11.7. The third-order valence-corrected chi connectivity index (χ3v) is 2.81. The summed E-state index contributed by atoms with van der Waals surface area (Å²) in [7, 11) is 1.97.